The van der Waals surface area contributed by atoms with Crippen LogP contribution in [0.3, 0.4) is 0 Å². The third-order valence-corrected chi connectivity index (χ3v) is 7.39. The van der Waals surface area contributed by atoms with Crippen LogP contribution in [0.4, 0.5) is 26.3 Å². The van der Waals surface area contributed by atoms with Gasteiger partial charge in [-0.2, -0.15) is 26.3 Å². The molecule has 0 N–H and O–H groups in total. The molecule has 2 aromatic rings. The van der Waals surface area contributed by atoms with Gasteiger partial charge in [0.1, 0.15) is 9.84 Å². The molecular weight excluding hydrogens is 522 g/mol. The second-order valence-electron chi connectivity index (χ2n) is 9.45. The Morgan fingerprint density at radius 3 is 2.08 bits per heavy atom. The van der Waals surface area contributed by atoms with Crippen LogP contribution in [-0.2, 0) is 33.5 Å². The third-order valence-electron chi connectivity index (χ3n) is 6.46. The topological polar surface area (TPSA) is 57.7 Å². The highest BCUT2D eigenvalue weighted by atomic mass is 32.2. The standard InChI is InChI=1S/C25H28F6N2O3S/c1-32(15-17-12-19(24(26,27)28)14-20(13-17)25(29,30)31)23(34)21-8-9-33(10-11-37(2,35)36)16-22(21)18-6-4-3-5-7-18/h3-7,12-14,21-22H,8-11,15-16H2,1-2H3. The van der Waals surface area contributed by atoms with Gasteiger partial charge in [-0.05, 0) is 42.3 Å². The van der Waals surface area contributed by atoms with Crippen molar-refractivity contribution in [3.8, 4) is 0 Å². The first kappa shape index (κ1) is 29.0. The Hall–Kier alpha value is -2.60. The SMILES string of the molecule is CN(Cc1cc(C(F)(F)F)cc(C(F)(F)F)c1)C(=O)C1CCN(CCS(C)(=O)=O)CC1c1ccccc1. The Morgan fingerprint density at radius 1 is 1.00 bits per heavy atom. The molecular formula is C25H28F6N2O3S. The first-order valence-electron chi connectivity index (χ1n) is 11.5. The van der Waals surface area contributed by atoms with Crippen molar-refractivity contribution >= 4 is 15.7 Å². The van der Waals surface area contributed by atoms with Gasteiger partial charge in [0.05, 0.1) is 16.9 Å². The second-order valence-corrected chi connectivity index (χ2v) is 11.7. The van der Waals surface area contributed by atoms with E-state index in [1.807, 2.05) is 23.1 Å². The predicted molar refractivity (Wildman–Crippen MR) is 126 cm³/mol. The number of alkyl halides is 6. The third kappa shape index (κ3) is 7.94. The molecule has 0 bridgehead atoms. The molecule has 0 aromatic heterocycles. The van der Waals surface area contributed by atoms with Gasteiger partial charge in [-0.15, -0.1) is 0 Å². The molecule has 2 atom stereocenters. The number of carbonyl (C=O) groups is 1. The summed E-state index contributed by atoms with van der Waals surface area (Å²) in [6.45, 7) is 0.696. The lowest BCUT2D eigenvalue weighted by Gasteiger charge is -2.39. The van der Waals surface area contributed by atoms with Gasteiger partial charge < -0.3 is 9.80 Å². The summed E-state index contributed by atoms with van der Waals surface area (Å²) < 4.78 is 103. The lowest BCUT2D eigenvalue weighted by molar-refractivity contribution is -0.143. The number of nitrogens with zero attached hydrogens (tertiary/aromatic N) is 2. The quantitative estimate of drug-likeness (QED) is 0.464. The monoisotopic (exact) mass is 550 g/mol. The van der Waals surface area contributed by atoms with Crippen LogP contribution in [0.15, 0.2) is 48.5 Å². The lowest BCUT2D eigenvalue weighted by Crippen LogP contribution is -2.46. The normalized spacial score (nSPS) is 19.6. The molecule has 0 radical (unpaired) electrons. The molecule has 2 aromatic carbocycles. The number of carbonyl (C=O) groups excluding carboxylic acids is 1. The van der Waals surface area contributed by atoms with Gasteiger partial charge in [0.25, 0.3) is 0 Å². The van der Waals surface area contributed by atoms with E-state index in [4.69, 9.17) is 0 Å². The van der Waals surface area contributed by atoms with Crippen molar-refractivity contribution in [1.82, 2.24) is 9.80 Å². The molecule has 0 aliphatic carbocycles. The van der Waals surface area contributed by atoms with Crippen molar-refractivity contribution in [1.29, 1.82) is 0 Å². The molecule has 0 saturated carbocycles. The van der Waals surface area contributed by atoms with Crippen LogP contribution < -0.4 is 0 Å². The van der Waals surface area contributed by atoms with Crippen molar-refractivity contribution < 1.29 is 39.6 Å². The zero-order valence-electron chi connectivity index (χ0n) is 20.3. The number of likely N-dealkylation sites (tertiary alicyclic amines) is 1. The fourth-order valence-corrected chi connectivity index (χ4v) is 5.19. The molecule has 1 aliphatic heterocycles. The Kier molecular flexibility index (Phi) is 8.63. The number of benzene rings is 2. The van der Waals surface area contributed by atoms with Gasteiger partial charge in [-0.3, -0.25) is 4.79 Å². The number of hydrogen-bond donors (Lipinski definition) is 0. The van der Waals surface area contributed by atoms with E-state index < -0.39 is 51.7 Å². The van der Waals surface area contributed by atoms with Crippen LogP contribution in [0.2, 0.25) is 0 Å². The number of halogens is 6. The molecule has 12 heteroatoms. The predicted octanol–water partition coefficient (Wildman–Crippen LogP) is 4.83. The Bertz CT molecular complexity index is 1170. The molecule has 204 valence electrons. The van der Waals surface area contributed by atoms with Gasteiger partial charge in [-0.1, -0.05) is 30.3 Å². The summed E-state index contributed by atoms with van der Waals surface area (Å²) in [6, 6.07) is 10.4. The van der Waals surface area contributed by atoms with E-state index in [9.17, 15) is 39.6 Å². The van der Waals surface area contributed by atoms with E-state index in [-0.39, 0.29) is 23.3 Å². The van der Waals surface area contributed by atoms with E-state index in [0.717, 1.165) is 16.7 Å². The van der Waals surface area contributed by atoms with Crippen LogP contribution in [0.5, 0.6) is 0 Å². The summed E-state index contributed by atoms with van der Waals surface area (Å²) >= 11 is 0. The summed E-state index contributed by atoms with van der Waals surface area (Å²) in [6.07, 6.45) is -8.45. The molecule has 1 aliphatic rings. The fourth-order valence-electron chi connectivity index (χ4n) is 4.60. The molecule has 1 heterocycles. The molecule has 1 amide bonds. The van der Waals surface area contributed by atoms with Crippen molar-refractivity contribution in [2.24, 2.45) is 5.92 Å². The Morgan fingerprint density at radius 2 is 1.57 bits per heavy atom. The fraction of sp³-hybridized carbons (Fsp3) is 0.480. The molecule has 1 saturated heterocycles. The molecule has 37 heavy (non-hydrogen) atoms. The Balaban J connectivity index is 1.84. The van der Waals surface area contributed by atoms with E-state index in [0.29, 0.717) is 38.2 Å². The first-order chi connectivity index (χ1) is 17.0. The van der Waals surface area contributed by atoms with Gasteiger partial charge >= 0.3 is 12.4 Å². The largest absolute Gasteiger partial charge is 0.416 e. The van der Waals surface area contributed by atoms with Crippen LogP contribution in [0, 0.1) is 5.92 Å². The van der Waals surface area contributed by atoms with Crippen molar-refractivity contribution in [2.45, 2.75) is 31.2 Å². The summed E-state index contributed by atoms with van der Waals surface area (Å²) in [7, 11) is -1.83. The van der Waals surface area contributed by atoms with Crippen molar-refractivity contribution in [3.05, 3.63) is 70.8 Å². The average molecular weight is 551 g/mol. The van der Waals surface area contributed by atoms with Gasteiger partial charge in [-0.25, -0.2) is 8.42 Å². The van der Waals surface area contributed by atoms with E-state index in [1.165, 1.54) is 7.05 Å². The average Bonchev–Trinajstić information content (AvgIpc) is 2.81. The minimum Gasteiger partial charge on any atom is -0.341 e. The molecule has 2 unspecified atom stereocenters. The maximum atomic E-state index is 13.4. The van der Waals surface area contributed by atoms with Crippen LogP contribution in [0.25, 0.3) is 0 Å². The lowest BCUT2D eigenvalue weighted by atomic mass is 9.79. The minimum atomic E-state index is -4.98. The number of amides is 1. The smallest absolute Gasteiger partial charge is 0.341 e. The maximum Gasteiger partial charge on any atom is 0.416 e. The number of sulfone groups is 1. The molecule has 0 spiro atoms. The highest BCUT2D eigenvalue weighted by Crippen LogP contribution is 2.37. The van der Waals surface area contributed by atoms with E-state index in [2.05, 4.69) is 0 Å². The van der Waals surface area contributed by atoms with E-state index in [1.54, 1.807) is 12.1 Å². The van der Waals surface area contributed by atoms with Crippen molar-refractivity contribution in [2.75, 3.05) is 38.7 Å². The van der Waals surface area contributed by atoms with Gasteiger partial charge in [0, 0.05) is 44.8 Å². The summed E-state index contributed by atoms with van der Waals surface area (Å²) in [5.41, 5.74) is -2.30. The van der Waals surface area contributed by atoms with Crippen LogP contribution in [-0.4, -0.2) is 62.8 Å². The summed E-state index contributed by atoms with van der Waals surface area (Å²) in [4.78, 5) is 16.5. The molecule has 3 rings (SSSR count). The zero-order valence-corrected chi connectivity index (χ0v) is 21.1. The van der Waals surface area contributed by atoms with Gasteiger partial charge in [0.15, 0.2) is 0 Å². The molecule has 5 nitrogen and oxygen atoms in total. The van der Waals surface area contributed by atoms with Crippen molar-refractivity contribution in [3.63, 3.8) is 0 Å². The number of rotatable bonds is 7. The maximum absolute atomic E-state index is 13.4. The zero-order chi connectivity index (χ0) is 27.6. The highest BCUT2D eigenvalue weighted by molar-refractivity contribution is 7.90. The Labute approximate surface area is 212 Å². The van der Waals surface area contributed by atoms with Gasteiger partial charge in [0.2, 0.25) is 5.91 Å². The second kappa shape index (κ2) is 11.0. The minimum absolute atomic E-state index is 0.0376. The number of piperidine rings is 1. The number of hydrogen-bond acceptors (Lipinski definition) is 4. The summed E-state index contributed by atoms with van der Waals surface area (Å²) in [5, 5.41) is 0. The molecule has 1 fully saturated rings. The van der Waals surface area contributed by atoms with Crippen LogP contribution in [0.1, 0.15) is 34.6 Å². The first-order valence-corrected chi connectivity index (χ1v) is 13.6. The highest BCUT2D eigenvalue weighted by Gasteiger charge is 2.39. The van der Waals surface area contributed by atoms with Crippen LogP contribution >= 0.6 is 0 Å². The van der Waals surface area contributed by atoms with E-state index >= 15 is 0 Å². The summed E-state index contributed by atoms with van der Waals surface area (Å²) in [5.74, 6) is -1.33.